The highest BCUT2D eigenvalue weighted by Gasteiger charge is 2.29. The van der Waals surface area contributed by atoms with E-state index in [0.717, 1.165) is 29.9 Å². The Labute approximate surface area is 174 Å². The maximum atomic E-state index is 12.7. The Bertz CT molecular complexity index is 1020. The molecular formula is C22H21N5OS. The van der Waals surface area contributed by atoms with Gasteiger partial charge in [0.25, 0.3) is 5.91 Å². The smallest absolute Gasteiger partial charge is 0.282 e. The van der Waals surface area contributed by atoms with Crippen molar-refractivity contribution >= 4 is 17.2 Å². The van der Waals surface area contributed by atoms with Crippen molar-refractivity contribution in [1.82, 2.24) is 19.8 Å². The van der Waals surface area contributed by atoms with Crippen molar-refractivity contribution in [3.8, 4) is 6.07 Å². The van der Waals surface area contributed by atoms with Gasteiger partial charge in [-0.2, -0.15) is 5.26 Å². The van der Waals surface area contributed by atoms with E-state index in [1.165, 1.54) is 11.3 Å². The molecule has 0 N–H and O–H groups in total. The second-order valence-corrected chi connectivity index (χ2v) is 7.90. The summed E-state index contributed by atoms with van der Waals surface area (Å²) in [7, 11) is 0. The van der Waals surface area contributed by atoms with E-state index in [2.05, 4.69) is 27.0 Å². The first kappa shape index (κ1) is 19.2. The third kappa shape index (κ3) is 4.19. The van der Waals surface area contributed by atoms with E-state index in [0.29, 0.717) is 23.7 Å². The first-order valence-electron chi connectivity index (χ1n) is 9.51. The van der Waals surface area contributed by atoms with Gasteiger partial charge in [-0.05, 0) is 36.2 Å². The minimum Gasteiger partial charge on any atom is -0.334 e. The summed E-state index contributed by atoms with van der Waals surface area (Å²) in [6.07, 6.45) is 3.66. The van der Waals surface area contributed by atoms with Crippen LogP contribution in [0, 0.1) is 18.3 Å². The number of rotatable bonds is 4. The molecule has 1 fully saturated rings. The number of carbonyl (C=O) groups excluding carboxylic acids is 1. The van der Waals surface area contributed by atoms with E-state index < -0.39 is 0 Å². The van der Waals surface area contributed by atoms with E-state index >= 15 is 0 Å². The summed E-state index contributed by atoms with van der Waals surface area (Å²) in [6.45, 7) is 4.74. The highest BCUT2D eigenvalue weighted by Crippen LogP contribution is 2.29. The zero-order valence-electron chi connectivity index (χ0n) is 16.2. The molecule has 0 spiro atoms. The topological polar surface area (TPSA) is 73.1 Å². The van der Waals surface area contributed by atoms with E-state index in [9.17, 15) is 4.79 Å². The quantitative estimate of drug-likeness (QED) is 0.668. The number of hydrogen-bond donors (Lipinski definition) is 0. The number of thiazole rings is 1. The molecule has 0 radical (unpaired) electrons. The van der Waals surface area contributed by atoms with Crippen LogP contribution in [0.4, 0.5) is 0 Å². The Morgan fingerprint density at radius 1 is 1.14 bits per heavy atom. The Morgan fingerprint density at radius 2 is 1.90 bits per heavy atom. The number of carbonyl (C=O) groups is 1. The molecule has 1 aromatic carbocycles. The van der Waals surface area contributed by atoms with Gasteiger partial charge in [0.1, 0.15) is 0 Å². The van der Waals surface area contributed by atoms with Crippen LogP contribution in [0.3, 0.4) is 0 Å². The zero-order valence-corrected chi connectivity index (χ0v) is 17.0. The van der Waals surface area contributed by atoms with E-state index in [1.807, 2.05) is 53.7 Å². The number of pyridine rings is 1. The monoisotopic (exact) mass is 403 g/mol. The van der Waals surface area contributed by atoms with Crippen LogP contribution in [0.25, 0.3) is 0 Å². The number of benzene rings is 1. The van der Waals surface area contributed by atoms with Gasteiger partial charge in [-0.3, -0.25) is 14.7 Å². The van der Waals surface area contributed by atoms with Crippen LogP contribution in [0.5, 0.6) is 0 Å². The molecule has 6 nitrogen and oxygen atoms in total. The van der Waals surface area contributed by atoms with Crippen LogP contribution in [0.2, 0.25) is 0 Å². The summed E-state index contributed by atoms with van der Waals surface area (Å²) in [6, 6.07) is 13.9. The third-order valence-corrected chi connectivity index (χ3v) is 6.07. The fourth-order valence-electron chi connectivity index (χ4n) is 3.66. The molecular weight excluding hydrogens is 382 g/mol. The number of nitrogens with zero attached hydrogens (tertiary/aromatic N) is 5. The summed E-state index contributed by atoms with van der Waals surface area (Å²) in [5, 5.41) is 11.6. The normalized spacial score (nSPS) is 15.7. The minimum absolute atomic E-state index is 0.0130. The fourth-order valence-corrected chi connectivity index (χ4v) is 4.42. The first-order valence-corrected chi connectivity index (χ1v) is 10.4. The number of hydrogen-bond acceptors (Lipinski definition) is 6. The maximum Gasteiger partial charge on any atom is 0.282 e. The van der Waals surface area contributed by atoms with E-state index in [-0.39, 0.29) is 11.9 Å². The first-order chi connectivity index (χ1) is 14.2. The summed E-state index contributed by atoms with van der Waals surface area (Å²) in [5.74, 6) is 0.0130. The maximum absolute atomic E-state index is 12.7. The largest absolute Gasteiger partial charge is 0.334 e. The summed E-state index contributed by atoms with van der Waals surface area (Å²) < 4.78 is 0. The number of nitriles is 1. The highest BCUT2D eigenvalue weighted by molar-refractivity contribution is 7.11. The van der Waals surface area contributed by atoms with Crippen LogP contribution < -0.4 is 0 Å². The molecule has 0 aliphatic carbocycles. The van der Waals surface area contributed by atoms with Crippen molar-refractivity contribution in [1.29, 1.82) is 5.26 Å². The van der Waals surface area contributed by atoms with Gasteiger partial charge in [0.15, 0.2) is 5.01 Å². The molecule has 2 aromatic heterocycles. The van der Waals surface area contributed by atoms with Gasteiger partial charge in [-0.1, -0.05) is 18.2 Å². The molecule has 4 rings (SSSR count). The van der Waals surface area contributed by atoms with Gasteiger partial charge in [0.2, 0.25) is 0 Å². The molecule has 1 unspecified atom stereocenters. The second kappa shape index (κ2) is 8.52. The Kier molecular flexibility index (Phi) is 5.65. The van der Waals surface area contributed by atoms with Crippen LogP contribution in [0.15, 0.2) is 54.2 Å². The lowest BCUT2D eigenvalue weighted by Crippen LogP contribution is -2.49. The number of aromatic nitrogens is 2. The molecule has 1 amide bonds. The summed E-state index contributed by atoms with van der Waals surface area (Å²) in [4.78, 5) is 25.6. The molecule has 0 saturated carbocycles. The van der Waals surface area contributed by atoms with Crippen LogP contribution in [-0.2, 0) is 0 Å². The van der Waals surface area contributed by atoms with E-state index in [4.69, 9.17) is 5.26 Å². The molecule has 0 bridgehead atoms. The molecule has 1 saturated heterocycles. The van der Waals surface area contributed by atoms with Crippen LogP contribution in [-0.4, -0.2) is 51.9 Å². The number of piperazine rings is 1. The molecule has 3 aromatic rings. The Hall–Kier alpha value is -3.08. The van der Waals surface area contributed by atoms with Gasteiger partial charge >= 0.3 is 0 Å². The van der Waals surface area contributed by atoms with Crippen molar-refractivity contribution in [3.05, 3.63) is 81.6 Å². The Morgan fingerprint density at radius 3 is 2.48 bits per heavy atom. The lowest BCUT2D eigenvalue weighted by molar-refractivity contribution is 0.0596. The highest BCUT2D eigenvalue weighted by atomic mass is 32.1. The van der Waals surface area contributed by atoms with Gasteiger partial charge in [-0.15, -0.1) is 11.3 Å². The average Bonchev–Trinajstić information content (AvgIpc) is 3.21. The third-order valence-electron chi connectivity index (χ3n) is 5.12. The second-order valence-electron chi connectivity index (χ2n) is 7.04. The molecule has 1 aliphatic rings. The molecule has 1 atom stereocenters. The molecule has 29 heavy (non-hydrogen) atoms. The van der Waals surface area contributed by atoms with Crippen molar-refractivity contribution in [2.75, 3.05) is 26.2 Å². The SMILES string of the molecule is Cc1csc(C(=O)N2CCN(C(c3ccc(C#N)cc3)c3cccnc3)CC2)n1. The molecule has 3 heterocycles. The van der Waals surface area contributed by atoms with Gasteiger partial charge < -0.3 is 4.90 Å². The van der Waals surface area contributed by atoms with Gasteiger partial charge in [0, 0.05) is 49.6 Å². The predicted octanol–water partition coefficient (Wildman–Crippen LogP) is 3.27. The predicted molar refractivity (Wildman–Crippen MR) is 112 cm³/mol. The molecule has 146 valence electrons. The molecule has 1 aliphatic heterocycles. The van der Waals surface area contributed by atoms with Crippen molar-refractivity contribution < 1.29 is 4.79 Å². The van der Waals surface area contributed by atoms with Gasteiger partial charge in [-0.25, -0.2) is 4.98 Å². The van der Waals surface area contributed by atoms with Crippen molar-refractivity contribution in [2.45, 2.75) is 13.0 Å². The zero-order chi connectivity index (χ0) is 20.2. The average molecular weight is 404 g/mol. The van der Waals surface area contributed by atoms with Gasteiger partial charge in [0.05, 0.1) is 17.7 Å². The summed E-state index contributed by atoms with van der Waals surface area (Å²) >= 11 is 1.41. The Balaban J connectivity index is 1.53. The lowest BCUT2D eigenvalue weighted by Gasteiger charge is -2.39. The number of aryl methyl sites for hydroxylation is 1. The lowest BCUT2D eigenvalue weighted by atomic mass is 9.97. The molecule has 7 heteroatoms. The fraction of sp³-hybridized carbons (Fsp3) is 0.273. The standard InChI is InChI=1S/C22H21N5OS/c1-16-15-29-21(25-16)22(28)27-11-9-26(10-12-27)20(19-3-2-8-24-14-19)18-6-4-17(13-23)5-7-18/h2-8,14-15,20H,9-12H2,1H3. The number of amides is 1. The van der Waals surface area contributed by atoms with Crippen molar-refractivity contribution in [3.63, 3.8) is 0 Å². The minimum atomic E-state index is 0.0130. The van der Waals surface area contributed by atoms with E-state index in [1.54, 1.807) is 6.20 Å². The van der Waals surface area contributed by atoms with Crippen LogP contribution >= 0.6 is 11.3 Å². The van der Waals surface area contributed by atoms with Crippen molar-refractivity contribution in [2.24, 2.45) is 0 Å². The summed E-state index contributed by atoms with van der Waals surface area (Å²) in [5.41, 5.74) is 3.75. The van der Waals surface area contributed by atoms with Crippen LogP contribution in [0.1, 0.15) is 38.2 Å².